The van der Waals surface area contributed by atoms with E-state index >= 15 is 0 Å². The topological polar surface area (TPSA) is 72.5 Å². The Labute approximate surface area is 62.9 Å². The summed E-state index contributed by atoms with van der Waals surface area (Å²) in [6.07, 6.45) is 5.02. The minimum atomic E-state index is 0.633. The van der Waals surface area contributed by atoms with Crippen molar-refractivity contribution >= 4 is 5.82 Å². The van der Waals surface area contributed by atoms with Crippen LogP contribution in [0, 0.1) is 0 Å². The molecule has 2 aromatic heterocycles. The number of rotatable bonds is 1. The zero-order valence-corrected chi connectivity index (χ0v) is 5.73. The number of aromatic nitrogens is 4. The van der Waals surface area contributed by atoms with Gasteiger partial charge in [0.2, 0.25) is 0 Å². The van der Waals surface area contributed by atoms with Gasteiger partial charge in [0.15, 0.2) is 0 Å². The second-order valence-electron chi connectivity index (χ2n) is 2.18. The first-order valence-electron chi connectivity index (χ1n) is 3.15. The predicted octanol–water partition coefficient (Wildman–Crippen LogP) is 0.178. The molecule has 5 nitrogen and oxygen atoms in total. The molecule has 0 unspecified atom stereocenters. The van der Waals surface area contributed by atoms with Crippen LogP contribution in [-0.2, 0) is 0 Å². The van der Waals surface area contributed by atoms with Crippen molar-refractivity contribution in [1.29, 1.82) is 0 Å². The van der Waals surface area contributed by atoms with Gasteiger partial charge in [-0.2, -0.15) is 0 Å². The van der Waals surface area contributed by atoms with Gasteiger partial charge in [-0.3, -0.25) is 4.57 Å². The van der Waals surface area contributed by atoms with Crippen LogP contribution in [0.25, 0.3) is 5.69 Å². The molecular weight excluding hydrogens is 142 g/mol. The molecule has 2 heterocycles. The Morgan fingerprint density at radius 1 is 1.36 bits per heavy atom. The smallest absolute Gasteiger partial charge is 0.123 e. The maximum absolute atomic E-state index is 5.47. The van der Waals surface area contributed by atoms with Gasteiger partial charge in [0.1, 0.15) is 18.5 Å². The van der Waals surface area contributed by atoms with Gasteiger partial charge in [-0.15, -0.1) is 10.2 Å². The fourth-order valence-electron chi connectivity index (χ4n) is 0.883. The van der Waals surface area contributed by atoms with Crippen LogP contribution in [0.4, 0.5) is 5.82 Å². The highest BCUT2D eigenvalue weighted by atomic mass is 15.2. The summed E-state index contributed by atoms with van der Waals surface area (Å²) in [5.74, 6) is 0.633. The highest BCUT2D eigenvalue weighted by Gasteiger charge is 1.96. The molecule has 2 rings (SSSR count). The summed E-state index contributed by atoms with van der Waals surface area (Å²) in [7, 11) is 0. The van der Waals surface area contributed by atoms with E-state index in [-0.39, 0.29) is 0 Å². The van der Waals surface area contributed by atoms with Crippen molar-refractivity contribution in [3.05, 3.63) is 24.9 Å². The van der Waals surface area contributed by atoms with Gasteiger partial charge in [0.25, 0.3) is 0 Å². The van der Waals surface area contributed by atoms with Crippen molar-refractivity contribution in [2.75, 3.05) is 5.73 Å². The molecule has 3 N–H and O–H groups in total. The van der Waals surface area contributed by atoms with E-state index in [0.717, 1.165) is 5.69 Å². The molecule has 0 amide bonds. The van der Waals surface area contributed by atoms with Crippen molar-refractivity contribution < 1.29 is 0 Å². The third kappa shape index (κ3) is 0.958. The van der Waals surface area contributed by atoms with E-state index in [2.05, 4.69) is 15.2 Å². The Morgan fingerprint density at radius 2 is 2.09 bits per heavy atom. The first kappa shape index (κ1) is 5.96. The molecule has 2 aromatic rings. The van der Waals surface area contributed by atoms with Crippen LogP contribution < -0.4 is 5.73 Å². The molecule has 11 heavy (non-hydrogen) atoms. The zero-order chi connectivity index (χ0) is 7.68. The summed E-state index contributed by atoms with van der Waals surface area (Å²) in [6.45, 7) is 0. The standard InChI is InChI=1S/C6H7N5/c7-6-1-5(2-8-6)11-3-9-10-4-11/h1-4,8H,7H2. The molecule has 0 bridgehead atoms. The average Bonchev–Trinajstić information content (AvgIpc) is 2.55. The first-order chi connectivity index (χ1) is 5.36. The lowest BCUT2D eigenvalue weighted by atomic mass is 10.5. The Kier molecular flexibility index (Phi) is 1.15. The minimum Gasteiger partial charge on any atom is -0.385 e. The molecule has 0 radical (unpaired) electrons. The molecular formula is C6H7N5. The van der Waals surface area contributed by atoms with Crippen LogP contribution in [0.5, 0.6) is 0 Å². The van der Waals surface area contributed by atoms with E-state index in [1.807, 2.05) is 6.07 Å². The van der Waals surface area contributed by atoms with E-state index in [0.29, 0.717) is 5.82 Å². The highest BCUT2D eigenvalue weighted by Crippen LogP contribution is 2.08. The molecule has 0 aliphatic heterocycles. The fourth-order valence-corrected chi connectivity index (χ4v) is 0.883. The van der Waals surface area contributed by atoms with E-state index < -0.39 is 0 Å². The van der Waals surface area contributed by atoms with Gasteiger partial charge < -0.3 is 10.7 Å². The van der Waals surface area contributed by atoms with Crippen LogP contribution in [0.3, 0.4) is 0 Å². The number of nitrogens with zero attached hydrogens (tertiary/aromatic N) is 3. The Hall–Kier alpha value is -1.78. The quantitative estimate of drug-likeness (QED) is 0.607. The SMILES string of the molecule is Nc1cc(-n2cnnc2)c[nH]1. The number of H-pyrrole nitrogens is 1. The van der Waals surface area contributed by atoms with Crippen molar-refractivity contribution in [2.45, 2.75) is 0 Å². The Morgan fingerprint density at radius 3 is 2.64 bits per heavy atom. The molecule has 0 atom stereocenters. The summed E-state index contributed by atoms with van der Waals surface area (Å²) >= 11 is 0. The molecule has 56 valence electrons. The highest BCUT2D eigenvalue weighted by molar-refractivity contribution is 5.42. The molecule has 0 aromatic carbocycles. The maximum Gasteiger partial charge on any atom is 0.123 e. The lowest BCUT2D eigenvalue weighted by molar-refractivity contribution is 1.06. The van der Waals surface area contributed by atoms with Crippen molar-refractivity contribution in [1.82, 2.24) is 19.7 Å². The molecule has 0 aliphatic rings. The van der Waals surface area contributed by atoms with Crippen molar-refractivity contribution in [3.8, 4) is 5.69 Å². The van der Waals surface area contributed by atoms with Gasteiger partial charge >= 0.3 is 0 Å². The Bertz CT molecular complexity index is 333. The van der Waals surface area contributed by atoms with Crippen LogP contribution in [0.2, 0.25) is 0 Å². The number of hydrogen-bond acceptors (Lipinski definition) is 3. The van der Waals surface area contributed by atoms with Gasteiger partial charge in [-0.1, -0.05) is 0 Å². The Balaban J connectivity index is 2.45. The van der Waals surface area contributed by atoms with Gasteiger partial charge in [-0.05, 0) is 0 Å². The summed E-state index contributed by atoms with van der Waals surface area (Å²) in [6, 6.07) is 1.81. The van der Waals surface area contributed by atoms with E-state index in [1.54, 1.807) is 23.4 Å². The molecule has 0 saturated heterocycles. The first-order valence-corrected chi connectivity index (χ1v) is 3.15. The van der Waals surface area contributed by atoms with Crippen LogP contribution in [0.1, 0.15) is 0 Å². The summed E-state index contributed by atoms with van der Waals surface area (Å²) < 4.78 is 1.77. The molecule has 0 saturated carbocycles. The number of aromatic amines is 1. The van der Waals surface area contributed by atoms with Gasteiger partial charge in [0.05, 0.1) is 5.69 Å². The molecule has 0 spiro atoms. The molecule has 0 fully saturated rings. The third-order valence-corrected chi connectivity index (χ3v) is 1.41. The second-order valence-corrected chi connectivity index (χ2v) is 2.18. The average molecular weight is 149 g/mol. The molecule has 5 heteroatoms. The number of anilines is 1. The van der Waals surface area contributed by atoms with Gasteiger partial charge in [-0.25, -0.2) is 0 Å². The maximum atomic E-state index is 5.47. The number of hydrogen-bond donors (Lipinski definition) is 2. The number of nitrogens with one attached hydrogen (secondary N) is 1. The minimum absolute atomic E-state index is 0.633. The number of nitrogen functional groups attached to an aromatic ring is 1. The van der Waals surface area contributed by atoms with E-state index in [1.165, 1.54) is 0 Å². The van der Waals surface area contributed by atoms with Crippen LogP contribution >= 0.6 is 0 Å². The lowest BCUT2D eigenvalue weighted by Crippen LogP contribution is -1.85. The van der Waals surface area contributed by atoms with Gasteiger partial charge in [0, 0.05) is 12.3 Å². The fraction of sp³-hybridized carbons (Fsp3) is 0. The summed E-state index contributed by atoms with van der Waals surface area (Å²) in [4.78, 5) is 2.86. The predicted molar refractivity (Wildman–Crippen MR) is 40.1 cm³/mol. The lowest BCUT2D eigenvalue weighted by Gasteiger charge is -1.91. The third-order valence-electron chi connectivity index (χ3n) is 1.41. The van der Waals surface area contributed by atoms with Crippen molar-refractivity contribution in [3.63, 3.8) is 0 Å². The summed E-state index contributed by atoms with van der Waals surface area (Å²) in [5, 5.41) is 7.33. The second kappa shape index (κ2) is 2.12. The van der Waals surface area contributed by atoms with Crippen molar-refractivity contribution in [2.24, 2.45) is 0 Å². The zero-order valence-electron chi connectivity index (χ0n) is 5.73. The van der Waals surface area contributed by atoms with E-state index in [9.17, 15) is 0 Å². The summed E-state index contributed by atoms with van der Waals surface area (Å²) in [5.41, 5.74) is 6.41. The molecule has 0 aliphatic carbocycles. The normalized spacial score (nSPS) is 10.2. The van der Waals surface area contributed by atoms with Crippen LogP contribution in [0.15, 0.2) is 24.9 Å². The van der Waals surface area contributed by atoms with E-state index in [4.69, 9.17) is 5.73 Å². The number of nitrogens with two attached hydrogens (primary N) is 1. The monoisotopic (exact) mass is 149 g/mol. The van der Waals surface area contributed by atoms with Crippen LogP contribution in [-0.4, -0.2) is 19.7 Å². The largest absolute Gasteiger partial charge is 0.385 e.